The molecule has 0 fully saturated rings. The molecule has 0 atom stereocenters. The van der Waals surface area contributed by atoms with Gasteiger partial charge in [-0.1, -0.05) is 18.2 Å². The SMILES string of the molecule is COC(=O)c1ccc(COC(=O)c2cncn2-c2ccccc2)o1. The molecule has 24 heavy (non-hydrogen) atoms. The summed E-state index contributed by atoms with van der Waals surface area (Å²) in [6, 6.07) is 12.3. The van der Waals surface area contributed by atoms with Crippen LogP contribution in [0.1, 0.15) is 26.8 Å². The van der Waals surface area contributed by atoms with Gasteiger partial charge in [0.05, 0.1) is 19.6 Å². The van der Waals surface area contributed by atoms with E-state index in [1.165, 1.54) is 25.7 Å². The Kier molecular flexibility index (Phi) is 4.42. The monoisotopic (exact) mass is 326 g/mol. The number of methoxy groups -OCH3 is 1. The Morgan fingerprint density at radius 2 is 1.92 bits per heavy atom. The number of imidazole rings is 1. The highest BCUT2D eigenvalue weighted by Crippen LogP contribution is 2.14. The summed E-state index contributed by atoms with van der Waals surface area (Å²) >= 11 is 0. The Morgan fingerprint density at radius 1 is 1.12 bits per heavy atom. The predicted molar refractivity (Wildman–Crippen MR) is 82.7 cm³/mol. The zero-order valence-electron chi connectivity index (χ0n) is 12.8. The lowest BCUT2D eigenvalue weighted by Crippen LogP contribution is -2.10. The van der Waals surface area contributed by atoms with Crippen molar-refractivity contribution < 1.29 is 23.5 Å². The van der Waals surface area contributed by atoms with E-state index in [0.717, 1.165) is 5.69 Å². The fraction of sp³-hybridized carbons (Fsp3) is 0.118. The van der Waals surface area contributed by atoms with Crippen LogP contribution in [0.25, 0.3) is 5.69 Å². The van der Waals surface area contributed by atoms with Gasteiger partial charge in [0.15, 0.2) is 5.69 Å². The van der Waals surface area contributed by atoms with E-state index in [1.54, 1.807) is 10.6 Å². The number of esters is 2. The largest absolute Gasteiger partial charge is 0.463 e. The van der Waals surface area contributed by atoms with Crippen molar-refractivity contribution in [2.75, 3.05) is 7.11 Å². The van der Waals surface area contributed by atoms with E-state index in [1.807, 2.05) is 30.3 Å². The van der Waals surface area contributed by atoms with E-state index in [9.17, 15) is 9.59 Å². The fourth-order valence-electron chi connectivity index (χ4n) is 2.12. The second-order valence-corrected chi connectivity index (χ2v) is 4.82. The number of para-hydroxylation sites is 1. The summed E-state index contributed by atoms with van der Waals surface area (Å²) in [7, 11) is 1.26. The Bertz CT molecular complexity index is 851. The minimum absolute atomic E-state index is 0.0536. The van der Waals surface area contributed by atoms with Crippen molar-refractivity contribution in [3.05, 3.63) is 72.2 Å². The lowest BCUT2D eigenvalue weighted by atomic mass is 10.3. The lowest BCUT2D eigenvalue weighted by Gasteiger charge is -2.07. The van der Waals surface area contributed by atoms with E-state index in [2.05, 4.69) is 9.72 Å². The maximum atomic E-state index is 12.3. The van der Waals surface area contributed by atoms with Crippen molar-refractivity contribution in [1.29, 1.82) is 0 Å². The van der Waals surface area contributed by atoms with Crippen LogP contribution in [0.2, 0.25) is 0 Å². The number of hydrogen-bond donors (Lipinski definition) is 0. The molecule has 2 aromatic heterocycles. The molecular formula is C17H14N2O5. The van der Waals surface area contributed by atoms with Gasteiger partial charge in [0.2, 0.25) is 5.76 Å². The molecule has 2 heterocycles. The fourth-order valence-corrected chi connectivity index (χ4v) is 2.12. The average molecular weight is 326 g/mol. The van der Waals surface area contributed by atoms with Crippen LogP contribution in [0.4, 0.5) is 0 Å². The Labute approximate surface area is 137 Å². The molecule has 0 unspecified atom stereocenters. The van der Waals surface area contributed by atoms with Crippen molar-refractivity contribution in [2.45, 2.75) is 6.61 Å². The second kappa shape index (κ2) is 6.82. The van der Waals surface area contributed by atoms with Crippen molar-refractivity contribution in [2.24, 2.45) is 0 Å². The van der Waals surface area contributed by atoms with Gasteiger partial charge >= 0.3 is 11.9 Å². The Hall–Kier alpha value is -3.35. The van der Waals surface area contributed by atoms with Gasteiger partial charge in [-0.05, 0) is 24.3 Å². The summed E-state index contributed by atoms with van der Waals surface area (Å²) in [6.07, 6.45) is 2.96. The van der Waals surface area contributed by atoms with Crippen molar-refractivity contribution >= 4 is 11.9 Å². The van der Waals surface area contributed by atoms with Crippen LogP contribution in [0.5, 0.6) is 0 Å². The topological polar surface area (TPSA) is 83.6 Å². The molecule has 122 valence electrons. The first-order valence-corrected chi connectivity index (χ1v) is 7.11. The van der Waals surface area contributed by atoms with Crippen LogP contribution in [0.15, 0.2) is 59.4 Å². The summed E-state index contributed by atoms with van der Waals surface area (Å²) in [5.74, 6) is -0.741. The molecule has 0 bridgehead atoms. The van der Waals surface area contributed by atoms with Crippen LogP contribution in [0, 0.1) is 0 Å². The molecule has 0 N–H and O–H groups in total. The molecule has 0 saturated carbocycles. The minimum atomic E-state index is -0.588. The number of aromatic nitrogens is 2. The first-order chi connectivity index (χ1) is 11.7. The van der Waals surface area contributed by atoms with Gasteiger partial charge in [0.1, 0.15) is 12.4 Å². The van der Waals surface area contributed by atoms with E-state index in [-0.39, 0.29) is 12.4 Å². The van der Waals surface area contributed by atoms with Gasteiger partial charge in [0.25, 0.3) is 0 Å². The molecule has 1 aromatic carbocycles. The Morgan fingerprint density at radius 3 is 2.67 bits per heavy atom. The third kappa shape index (κ3) is 3.19. The molecular weight excluding hydrogens is 312 g/mol. The molecule has 0 aliphatic carbocycles. The maximum Gasteiger partial charge on any atom is 0.373 e. The minimum Gasteiger partial charge on any atom is -0.463 e. The van der Waals surface area contributed by atoms with Gasteiger partial charge in [0, 0.05) is 5.69 Å². The number of hydrogen-bond acceptors (Lipinski definition) is 6. The molecule has 0 aliphatic rings. The molecule has 0 aliphatic heterocycles. The Balaban J connectivity index is 1.69. The molecule has 0 spiro atoms. The third-order valence-corrected chi connectivity index (χ3v) is 3.28. The molecule has 0 saturated heterocycles. The maximum absolute atomic E-state index is 12.3. The highest BCUT2D eigenvalue weighted by Gasteiger charge is 2.16. The molecule has 0 amide bonds. The number of nitrogens with zero attached hydrogens (tertiary/aromatic N) is 2. The standard InChI is InChI=1S/C17H14N2O5/c1-22-17(21)15-8-7-13(24-15)10-23-16(20)14-9-18-11-19(14)12-5-3-2-4-6-12/h2-9,11H,10H2,1H3. The van der Waals surface area contributed by atoms with Crippen LogP contribution in [-0.4, -0.2) is 28.6 Å². The van der Waals surface area contributed by atoms with Gasteiger partial charge in [-0.2, -0.15) is 0 Å². The summed E-state index contributed by atoms with van der Waals surface area (Å²) < 4.78 is 16.6. The smallest absolute Gasteiger partial charge is 0.373 e. The summed E-state index contributed by atoms with van der Waals surface area (Å²) in [5.41, 5.74) is 1.09. The van der Waals surface area contributed by atoms with E-state index in [4.69, 9.17) is 9.15 Å². The highest BCUT2D eigenvalue weighted by molar-refractivity contribution is 5.88. The van der Waals surface area contributed by atoms with E-state index >= 15 is 0 Å². The second-order valence-electron chi connectivity index (χ2n) is 4.82. The number of ether oxygens (including phenoxy) is 2. The predicted octanol–water partition coefficient (Wildman–Crippen LogP) is 2.61. The van der Waals surface area contributed by atoms with Crippen LogP contribution < -0.4 is 0 Å². The molecule has 3 rings (SSSR count). The van der Waals surface area contributed by atoms with E-state index < -0.39 is 11.9 Å². The van der Waals surface area contributed by atoms with Crippen LogP contribution in [0.3, 0.4) is 0 Å². The van der Waals surface area contributed by atoms with Gasteiger partial charge in [-0.15, -0.1) is 0 Å². The number of furan rings is 1. The number of rotatable bonds is 5. The van der Waals surface area contributed by atoms with Crippen molar-refractivity contribution in [1.82, 2.24) is 9.55 Å². The van der Waals surface area contributed by atoms with Crippen molar-refractivity contribution in [3.63, 3.8) is 0 Å². The molecule has 7 heteroatoms. The van der Waals surface area contributed by atoms with Crippen molar-refractivity contribution in [3.8, 4) is 5.69 Å². The zero-order valence-corrected chi connectivity index (χ0v) is 12.8. The number of carbonyl (C=O) groups excluding carboxylic acids is 2. The normalized spacial score (nSPS) is 10.4. The highest BCUT2D eigenvalue weighted by atomic mass is 16.6. The van der Waals surface area contributed by atoms with Gasteiger partial charge < -0.3 is 13.9 Å². The quantitative estimate of drug-likeness (QED) is 0.670. The zero-order chi connectivity index (χ0) is 16.9. The van der Waals surface area contributed by atoms with Gasteiger partial charge in [-0.3, -0.25) is 4.57 Å². The van der Waals surface area contributed by atoms with E-state index in [0.29, 0.717) is 11.5 Å². The molecule has 3 aromatic rings. The summed E-state index contributed by atoms with van der Waals surface area (Å²) in [4.78, 5) is 27.6. The summed E-state index contributed by atoms with van der Waals surface area (Å²) in [5, 5.41) is 0. The molecule has 0 radical (unpaired) electrons. The first kappa shape index (κ1) is 15.5. The number of benzene rings is 1. The van der Waals surface area contributed by atoms with Gasteiger partial charge in [-0.25, -0.2) is 14.6 Å². The number of carbonyl (C=O) groups is 2. The average Bonchev–Trinajstić information content (AvgIpc) is 3.29. The van der Waals surface area contributed by atoms with Crippen LogP contribution >= 0.6 is 0 Å². The lowest BCUT2D eigenvalue weighted by molar-refractivity contribution is 0.0429. The molecule has 7 nitrogen and oxygen atoms in total. The summed E-state index contributed by atoms with van der Waals surface area (Å²) in [6.45, 7) is -0.101. The third-order valence-electron chi connectivity index (χ3n) is 3.28. The first-order valence-electron chi connectivity index (χ1n) is 7.11. The van der Waals surface area contributed by atoms with Crippen LogP contribution in [-0.2, 0) is 16.1 Å².